The third-order valence-electron chi connectivity index (χ3n) is 5.49. The number of carbonyl (C=O) groups excluding carboxylic acids is 1. The fourth-order valence-corrected chi connectivity index (χ4v) is 4.02. The maximum atomic E-state index is 12.7. The number of carbonyl (C=O) groups is 1. The second kappa shape index (κ2) is 7.90. The molecule has 28 heavy (non-hydrogen) atoms. The molecule has 1 fully saturated rings. The molecule has 142 valence electrons. The highest BCUT2D eigenvalue weighted by Gasteiger charge is 2.34. The Morgan fingerprint density at radius 2 is 1.96 bits per heavy atom. The van der Waals surface area contributed by atoms with Gasteiger partial charge < -0.3 is 9.47 Å². The Morgan fingerprint density at radius 1 is 1.18 bits per heavy atom. The lowest BCUT2D eigenvalue weighted by Crippen LogP contribution is -2.24. The van der Waals surface area contributed by atoms with E-state index >= 15 is 0 Å². The van der Waals surface area contributed by atoms with Crippen LogP contribution < -0.4 is 4.90 Å². The van der Waals surface area contributed by atoms with Crippen molar-refractivity contribution in [3.63, 3.8) is 0 Å². The zero-order valence-corrected chi connectivity index (χ0v) is 16.3. The van der Waals surface area contributed by atoms with Gasteiger partial charge in [-0.3, -0.25) is 4.79 Å². The minimum Gasteiger partial charge on any atom is -0.316 e. The summed E-state index contributed by atoms with van der Waals surface area (Å²) in [5.74, 6) is 3.83. The lowest BCUT2D eigenvalue weighted by molar-refractivity contribution is -0.117. The van der Waals surface area contributed by atoms with Gasteiger partial charge in [-0.2, -0.15) is 0 Å². The first-order valence-corrected chi connectivity index (χ1v) is 9.99. The monoisotopic (exact) mass is 371 g/mol. The van der Waals surface area contributed by atoms with Crippen molar-refractivity contribution < 1.29 is 4.79 Å². The Balaban J connectivity index is 1.59. The molecule has 1 amide bonds. The fraction of sp³-hybridized carbons (Fsp3) is 0.333. The van der Waals surface area contributed by atoms with Gasteiger partial charge in [-0.15, -0.1) is 6.42 Å². The van der Waals surface area contributed by atoms with E-state index in [4.69, 9.17) is 11.4 Å². The Hall–Kier alpha value is -3.06. The van der Waals surface area contributed by atoms with Crippen LogP contribution in [0.2, 0.25) is 0 Å². The number of benzene rings is 2. The minimum absolute atomic E-state index is 0.0491. The molecular weight excluding hydrogens is 346 g/mol. The van der Waals surface area contributed by atoms with Crippen LogP contribution in [-0.4, -0.2) is 22.0 Å². The van der Waals surface area contributed by atoms with Crippen molar-refractivity contribution in [1.82, 2.24) is 9.55 Å². The van der Waals surface area contributed by atoms with Gasteiger partial charge in [0.15, 0.2) is 0 Å². The summed E-state index contributed by atoms with van der Waals surface area (Å²) >= 11 is 0. The van der Waals surface area contributed by atoms with Crippen LogP contribution in [-0.2, 0) is 17.8 Å². The highest BCUT2D eigenvalue weighted by Crippen LogP contribution is 2.33. The second-order valence-corrected chi connectivity index (χ2v) is 7.42. The third-order valence-corrected chi connectivity index (χ3v) is 5.49. The van der Waals surface area contributed by atoms with Gasteiger partial charge in [0.25, 0.3) is 0 Å². The van der Waals surface area contributed by atoms with Crippen molar-refractivity contribution in [2.75, 3.05) is 11.4 Å². The summed E-state index contributed by atoms with van der Waals surface area (Å²) in [4.78, 5) is 19.4. The van der Waals surface area contributed by atoms with Gasteiger partial charge in [0, 0.05) is 24.6 Å². The van der Waals surface area contributed by atoms with Crippen LogP contribution in [0.1, 0.15) is 43.5 Å². The van der Waals surface area contributed by atoms with E-state index in [9.17, 15) is 4.79 Å². The fourth-order valence-electron chi connectivity index (χ4n) is 4.02. The number of aryl methyl sites for hydroxylation is 1. The molecule has 2 aromatic carbocycles. The summed E-state index contributed by atoms with van der Waals surface area (Å²) in [5.41, 5.74) is 4.25. The number of amides is 1. The average Bonchev–Trinajstić information content (AvgIpc) is 3.28. The standard InChI is InChI=1S/C24H25N3O/c1-3-5-8-18-11-13-20(14-12-18)27-17-19(16-23(27)28)24-25-21-9-6-7-10-22(21)26(24)15-4-2/h2,6-7,9-14,19H,3,5,8,15-17H2,1H3/t19-/m1/s1. The van der Waals surface area contributed by atoms with Crippen molar-refractivity contribution in [3.05, 3.63) is 59.9 Å². The van der Waals surface area contributed by atoms with Crippen LogP contribution in [0, 0.1) is 12.3 Å². The van der Waals surface area contributed by atoms with Crippen LogP contribution in [0.15, 0.2) is 48.5 Å². The number of terminal acetylenes is 1. The van der Waals surface area contributed by atoms with Crippen LogP contribution in [0.5, 0.6) is 0 Å². The van der Waals surface area contributed by atoms with Gasteiger partial charge in [-0.1, -0.05) is 43.5 Å². The minimum atomic E-state index is 0.0491. The number of hydrogen-bond donors (Lipinski definition) is 0. The van der Waals surface area contributed by atoms with Crippen molar-refractivity contribution in [2.45, 2.75) is 45.1 Å². The zero-order chi connectivity index (χ0) is 19.5. The predicted octanol–water partition coefficient (Wildman–Crippen LogP) is 4.53. The van der Waals surface area contributed by atoms with Crippen molar-refractivity contribution >= 4 is 22.6 Å². The number of para-hydroxylation sites is 2. The summed E-state index contributed by atoms with van der Waals surface area (Å²) in [6.07, 6.45) is 9.52. The molecule has 1 saturated heterocycles. The van der Waals surface area contributed by atoms with E-state index in [2.05, 4.69) is 41.7 Å². The normalized spacial score (nSPS) is 16.6. The van der Waals surface area contributed by atoms with Crippen LogP contribution in [0.4, 0.5) is 5.69 Å². The summed E-state index contributed by atoms with van der Waals surface area (Å²) < 4.78 is 2.07. The van der Waals surface area contributed by atoms with Gasteiger partial charge >= 0.3 is 0 Å². The molecule has 0 N–H and O–H groups in total. The molecule has 1 atom stereocenters. The van der Waals surface area contributed by atoms with Crippen LogP contribution in [0.3, 0.4) is 0 Å². The smallest absolute Gasteiger partial charge is 0.227 e. The first-order chi connectivity index (χ1) is 13.7. The van der Waals surface area contributed by atoms with Gasteiger partial charge in [0.1, 0.15) is 5.82 Å². The quantitative estimate of drug-likeness (QED) is 0.597. The molecule has 0 spiro atoms. The van der Waals surface area contributed by atoms with Gasteiger partial charge in [0.2, 0.25) is 5.91 Å². The number of aromatic nitrogens is 2. The largest absolute Gasteiger partial charge is 0.316 e. The number of nitrogens with zero attached hydrogens (tertiary/aromatic N) is 3. The average molecular weight is 371 g/mol. The predicted molar refractivity (Wildman–Crippen MR) is 113 cm³/mol. The van der Waals surface area contributed by atoms with E-state index in [-0.39, 0.29) is 11.8 Å². The summed E-state index contributed by atoms with van der Waals surface area (Å²) in [7, 11) is 0. The SMILES string of the molecule is C#CCn1c([C@@H]2CC(=O)N(c3ccc(CCCC)cc3)C2)nc2ccccc21. The zero-order valence-electron chi connectivity index (χ0n) is 16.3. The van der Waals surface area contributed by atoms with E-state index in [1.165, 1.54) is 18.4 Å². The number of fused-ring (bicyclic) bond motifs is 1. The number of anilines is 1. The summed E-state index contributed by atoms with van der Waals surface area (Å²) in [6, 6.07) is 16.4. The molecule has 0 saturated carbocycles. The number of hydrogen-bond acceptors (Lipinski definition) is 2. The third kappa shape index (κ3) is 3.41. The Bertz CT molecular complexity index is 1030. The molecule has 4 nitrogen and oxygen atoms in total. The first-order valence-electron chi connectivity index (χ1n) is 9.99. The lowest BCUT2D eigenvalue weighted by Gasteiger charge is -2.17. The van der Waals surface area contributed by atoms with Crippen molar-refractivity contribution in [3.8, 4) is 12.3 Å². The molecule has 0 radical (unpaired) electrons. The first kappa shape index (κ1) is 18.3. The Labute approximate surface area is 166 Å². The van der Waals surface area contributed by atoms with E-state index in [1.54, 1.807) is 0 Å². The van der Waals surface area contributed by atoms with E-state index in [0.717, 1.165) is 29.0 Å². The molecular formula is C24H25N3O. The van der Waals surface area contributed by atoms with Gasteiger partial charge in [-0.05, 0) is 42.7 Å². The number of rotatable bonds is 6. The maximum Gasteiger partial charge on any atom is 0.227 e. The molecule has 0 unspecified atom stereocenters. The molecule has 0 bridgehead atoms. The summed E-state index contributed by atoms with van der Waals surface area (Å²) in [5, 5.41) is 0. The summed E-state index contributed by atoms with van der Waals surface area (Å²) in [6.45, 7) is 3.30. The molecule has 4 rings (SSSR count). The number of imidazole rings is 1. The second-order valence-electron chi connectivity index (χ2n) is 7.42. The van der Waals surface area contributed by atoms with Crippen molar-refractivity contribution in [1.29, 1.82) is 0 Å². The maximum absolute atomic E-state index is 12.7. The topological polar surface area (TPSA) is 38.1 Å². The highest BCUT2D eigenvalue weighted by molar-refractivity contribution is 5.96. The van der Waals surface area contributed by atoms with Crippen molar-refractivity contribution in [2.24, 2.45) is 0 Å². The molecule has 2 heterocycles. The van der Waals surface area contributed by atoms with E-state index in [1.807, 2.05) is 29.2 Å². The Kier molecular flexibility index (Phi) is 5.16. The molecule has 1 aliphatic rings. The van der Waals surface area contributed by atoms with Crippen LogP contribution in [0.25, 0.3) is 11.0 Å². The number of unbranched alkanes of at least 4 members (excludes halogenated alkanes) is 1. The molecule has 3 aromatic rings. The van der Waals surface area contributed by atoms with Crippen LogP contribution >= 0.6 is 0 Å². The molecule has 0 aliphatic carbocycles. The lowest BCUT2D eigenvalue weighted by atomic mass is 10.1. The van der Waals surface area contributed by atoms with E-state index in [0.29, 0.717) is 19.5 Å². The molecule has 1 aliphatic heterocycles. The Morgan fingerprint density at radius 3 is 2.71 bits per heavy atom. The van der Waals surface area contributed by atoms with E-state index < -0.39 is 0 Å². The van der Waals surface area contributed by atoms with Gasteiger partial charge in [0.05, 0.1) is 17.6 Å². The van der Waals surface area contributed by atoms with Gasteiger partial charge in [-0.25, -0.2) is 4.98 Å². The molecule has 4 heteroatoms. The molecule has 1 aromatic heterocycles. The highest BCUT2D eigenvalue weighted by atomic mass is 16.2.